The number of rotatable bonds is 4. The highest BCUT2D eigenvalue weighted by Gasteiger charge is 2.26. The van der Waals surface area contributed by atoms with E-state index in [2.05, 4.69) is 44.2 Å². The third kappa shape index (κ3) is 5.42. The molecule has 27 heavy (non-hydrogen) atoms. The van der Waals surface area contributed by atoms with Gasteiger partial charge in [-0.15, -0.1) is 0 Å². The number of likely N-dealkylation sites (tertiary alicyclic amines) is 1. The molecule has 6 heteroatoms. The molecule has 0 atom stereocenters. The highest BCUT2D eigenvalue weighted by molar-refractivity contribution is 7.91. The Morgan fingerprint density at radius 1 is 1.07 bits per heavy atom. The number of allylic oxidation sites excluding steroid dienone is 1. The van der Waals surface area contributed by atoms with Gasteiger partial charge in [-0.3, -0.25) is 9.69 Å². The minimum atomic E-state index is -2.89. The molecule has 5 nitrogen and oxygen atoms in total. The zero-order valence-corrected chi connectivity index (χ0v) is 17.2. The second kappa shape index (κ2) is 8.57. The summed E-state index contributed by atoms with van der Waals surface area (Å²) in [6.07, 6.45) is 6.51. The zero-order valence-electron chi connectivity index (χ0n) is 16.4. The number of sulfone groups is 1. The van der Waals surface area contributed by atoms with Crippen molar-refractivity contribution >= 4 is 21.8 Å². The quantitative estimate of drug-likeness (QED) is 0.791. The van der Waals surface area contributed by atoms with Crippen LogP contribution in [0.5, 0.6) is 0 Å². The Morgan fingerprint density at radius 3 is 2.26 bits per heavy atom. The fourth-order valence-electron chi connectivity index (χ4n) is 3.86. The van der Waals surface area contributed by atoms with Crippen LogP contribution in [0.1, 0.15) is 29.5 Å². The van der Waals surface area contributed by atoms with E-state index in [1.165, 1.54) is 16.7 Å². The maximum Gasteiger partial charge on any atom is 0.236 e. The van der Waals surface area contributed by atoms with Gasteiger partial charge < -0.3 is 4.90 Å². The molecule has 1 aromatic carbocycles. The first-order chi connectivity index (χ1) is 12.8. The fraction of sp³-hybridized carbons (Fsp3) is 0.571. The van der Waals surface area contributed by atoms with Crippen LogP contribution in [0.4, 0.5) is 0 Å². The van der Waals surface area contributed by atoms with E-state index in [1.807, 2.05) is 9.80 Å². The van der Waals surface area contributed by atoms with Crippen LogP contribution in [0.25, 0.3) is 6.08 Å². The second-order valence-electron chi connectivity index (χ2n) is 7.81. The summed E-state index contributed by atoms with van der Waals surface area (Å²) in [6.45, 7) is 7.14. The number of carbonyl (C=O) groups is 1. The van der Waals surface area contributed by atoms with Gasteiger partial charge in [-0.2, -0.15) is 0 Å². The summed E-state index contributed by atoms with van der Waals surface area (Å²) in [7, 11) is -2.89. The second-order valence-corrected chi connectivity index (χ2v) is 10.1. The van der Waals surface area contributed by atoms with Crippen LogP contribution in [-0.4, -0.2) is 68.4 Å². The smallest absolute Gasteiger partial charge is 0.236 e. The lowest BCUT2D eigenvalue weighted by Gasteiger charge is -2.33. The summed E-state index contributed by atoms with van der Waals surface area (Å²) in [4.78, 5) is 16.4. The van der Waals surface area contributed by atoms with Crippen molar-refractivity contribution in [3.8, 4) is 0 Å². The summed E-state index contributed by atoms with van der Waals surface area (Å²) in [6, 6.07) is 6.36. The Balaban J connectivity index is 1.47. The summed E-state index contributed by atoms with van der Waals surface area (Å²) in [5.41, 5.74) is 3.89. The third-order valence-corrected chi connectivity index (χ3v) is 7.37. The highest BCUT2D eigenvalue weighted by Crippen LogP contribution is 2.22. The number of amides is 1. The zero-order chi connectivity index (χ0) is 19.4. The molecular weight excluding hydrogens is 360 g/mol. The van der Waals surface area contributed by atoms with Crippen LogP contribution < -0.4 is 0 Å². The lowest BCUT2D eigenvalue weighted by atomic mass is 9.94. The number of hydrogen-bond donors (Lipinski definition) is 0. The van der Waals surface area contributed by atoms with Crippen molar-refractivity contribution in [2.24, 2.45) is 5.92 Å². The van der Waals surface area contributed by atoms with Gasteiger partial charge in [0.15, 0.2) is 9.84 Å². The molecule has 0 saturated carbocycles. The molecule has 2 saturated heterocycles. The van der Waals surface area contributed by atoms with Crippen LogP contribution >= 0.6 is 0 Å². The van der Waals surface area contributed by atoms with Gasteiger partial charge in [-0.1, -0.05) is 30.4 Å². The van der Waals surface area contributed by atoms with Crippen molar-refractivity contribution in [1.29, 1.82) is 0 Å². The first-order valence-corrected chi connectivity index (χ1v) is 11.6. The van der Waals surface area contributed by atoms with E-state index in [1.54, 1.807) is 0 Å². The molecule has 0 radical (unpaired) electrons. The van der Waals surface area contributed by atoms with Crippen molar-refractivity contribution < 1.29 is 13.2 Å². The Bertz CT molecular complexity index is 774. The average molecular weight is 391 g/mol. The minimum Gasteiger partial charge on any atom is -0.342 e. The first-order valence-electron chi connectivity index (χ1n) is 9.79. The van der Waals surface area contributed by atoms with E-state index in [0.29, 0.717) is 25.6 Å². The van der Waals surface area contributed by atoms with Gasteiger partial charge in [-0.05, 0) is 49.3 Å². The number of piperidine rings is 1. The molecule has 0 aliphatic carbocycles. The number of carbonyl (C=O) groups excluding carboxylic acids is 1. The van der Waals surface area contributed by atoms with Gasteiger partial charge in [0, 0.05) is 26.2 Å². The molecule has 0 N–H and O–H groups in total. The summed E-state index contributed by atoms with van der Waals surface area (Å²) in [5.74, 6) is 0.983. The molecule has 2 heterocycles. The molecule has 0 bridgehead atoms. The number of benzene rings is 1. The Morgan fingerprint density at radius 2 is 1.67 bits per heavy atom. The number of nitrogens with zero attached hydrogens (tertiary/aromatic N) is 2. The maximum absolute atomic E-state index is 12.5. The summed E-state index contributed by atoms with van der Waals surface area (Å²) in [5, 5.41) is 0. The van der Waals surface area contributed by atoms with Gasteiger partial charge >= 0.3 is 0 Å². The molecule has 0 unspecified atom stereocenters. The molecule has 2 fully saturated rings. The average Bonchev–Trinajstić information content (AvgIpc) is 2.63. The van der Waals surface area contributed by atoms with Gasteiger partial charge in [0.25, 0.3) is 0 Å². The molecule has 1 amide bonds. The third-order valence-electron chi connectivity index (χ3n) is 5.77. The Hall–Kier alpha value is -1.66. The molecule has 0 spiro atoms. The van der Waals surface area contributed by atoms with Crippen molar-refractivity contribution in [3.63, 3.8) is 0 Å². The lowest BCUT2D eigenvalue weighted by molar-refractivity contribution is -0.133. The van der Waals surface area contributed by atoms with Crippen LogP contribution in [-0.2, 0) is 14.6 Å². The van der Waals surface area contributed by atoms with E-state index < -0.39 is 9.84 Å². The van der Waals surface area contributed by atoms with Crippen LogP contribution in [0.3, 0.4) is 0 Å². The summed E-state index contributed by atoms with van der Waals surface area (Å²) < 4.78 is 23.0. The highest BCUT2D eigenvalue weighted by atomic mass is 32.2. The predicted octanol–water partition coefficient (Wildman–Crippen LogP) is 2.29. The maximum atomic E-state index is 12.5. The van der Waals surface area contributed by atoms with E-state index >= 15 is 0 Å². The van der Waals surface area contributed by atoms with Gasteiger partial charge in [0.05, 0.1) is 18.1 Å². The SMILES string of the molecule is Cc1cccc(C)c1/C=C/C1CCN(C(=O)CN2CCS(=O)(=O)CC2)CC1. The molecule has 0 aromatic heterocycles. The molecular formula is C21H30N2O3S. The molecule has 2 aliphatic rings. The Labute approximate surface area is 163 Å². The fourth-order valence-corrected chi connectivity index (χ4v) is 5.14. The van der Waals surface area contributed by atoms with E-state index in [-0.39, 0.29) is 17.4 Å². The standard InChI is InChI=1S/C21H30N2O3S/c1-17-4-3-5-18(2)20(17)7-6-19-8-10-23(11-9-19)21(24)16-22-12-14-27(25,26)15-13-22/h3-7,19H,8-16H2,1-2H3/b7-6+. The predicted molar refractivity (Wildman–Crippen MR) is 109 cm³/mol. The monoisotopic (exact) mass is 390 g/mol. The van der Waals surface area contributed by atoms with Crippen molar-refractivity contribution in [1.82, 2.24) is 9.80 Å². The van der Waals surface area contributed by atoms with Crippen molar-refractivity contribution in [2.75, 3.05) is 44.2 Å². The Kier molecular flexibility index (Phi) is 6.37. The van der Waals surface area contributed by atoms with E-state index in [4.69, 9.17) is 0 Å². The van der Waals surface area contributed by atoms with Crippen LogP contribution in [0, 0.1) is 19.8 Å². The molecule has 1 aromatic rings. The largest absolute Gasteiger partial charge is 0.342 e. The van der Waals surface area contributed by atoms with Crippen LogP contribution in [0.2, 0.25) is 0 Å². The minimum absolute atomic E-state index is 0.131. The van der Waals surface area contributed by atoms with Crippen molar-refractivity contribution in [2.45, 2.75) is 26.7 Å². The topological polar surface area (TPSA) is 57.7 Å². The van der Waals surface area contributed by atoms with Crippen LogP contribution in [0.15, 0.2) is 24.3 Å². The first kappa shape index (κ1) is 20.1. The number of aryl methyl sites for hydroxylation is 2. The van der Waals surface area contributed by atoms with Gasteiger partial charge in [0.1, 0.15) is 0 Å². The van der Waals surface area contributed by atoms with E-state index in [9.17, 15) is 13.2 Å². The molecule has 148 valence electrons. The normalized spacial score (nSPS) is 21.6. The summed E-state index contributed by atoms with van der Waals surface area (Å²) >= 11 is 0. The van der Waals surface area contributed by atoms with Crippen molar-refractivity contribution in [3.05, 3.63) is 41.0 Å². The lowest BCUT2D eigenvalue weighted by Crippen LogP contribution is -2.48. The molecule has 3 rings (SSSR count). The molecule has 2 aliphatic heterocycles. The number of hydrogen-bond acceptors (Lipinski definition) is 4. The van der Waals surface area contributed by atoms with Gasteiger partial charge in [0.2, 0.25) is 5.91 Å². The van der Waals surface area contributed by atoms with E-state index in [0.717, 1.165) is 25.9 Å². The van der Waals surface area contributed by atoms with Gasteiger partial charge in [-0.25, -0.2) is 8.42 Å².